The molecule has 1 heterocycles. The van der Waals surface area contributed by atoms with Crippen LogP contribution in [-0.4, -0.2) is 99.6 Å². The second-order valence-electron chi connectivity index (χ2n) is 26.0. The molecule has 1 amide bonds. The Kier molecular flexibility index (Phi) is 61.1. The molecule has 0 aromatic carbocycles. The van der Waals surface area contributed by atoms with Gasteiger partial charge in [0.2, 0.25) is 5.91 Å². The summed E-state index contributed by atoms with van der Waals surface area (Å²) in [6, 6.07) is -1.03. The van der Waals surface area contributed by atoms with Gasteiger partial charge in [-0.15, -0.1) is 0 Å². The maximum Gasteiger partial charge on any atom is 0.306 e. The summed E-state index contributed by atoms with van der Waals surface area (Å²) < 4.78 is 17.7. The fraction of sp³-hybridized carbons (Fsp3) is 0.844. The zero-order chi connectivity index (χ0) is 63.9. The fourth-order valence-electron chi connectivity index (χ4n) is 11.7. The molecule has 1 aliphatic rings. The van der Waals surface area contributed by atoms with Gasteiger partial charge in [-0.25, -0.2) is 0 Å². The highest BCUT2D eigenvalue weighted by atomic mass is 16.7. The molecule has 0 aromatic rings. The van der Waals surface area contributed by atoms with Crippen LogP contribution in [0.2, 0.25) is 0 Å². The van der Waals surface area contributed by atoms with Gasteiger partial charge < -0.3 is 45.1 Å². The lowest BCUT2D eigenvalue weighted by atomic mass is 9.99. The first-order valence-corrected chi connectivity index (χ1v) is 37.6. The topological polar surface area (TPSA) is 175 Å². The standard InChI is InChI=1S/C77H141NO10/c1-4-7-10-13-16-19-22-25-27-29-31-33-34-35-36-37-38-39-41-43-45-47-50-53-56-59-62-65-72(82)88-75-74(84)73(83)71(66-79)87-77(75)86-67-68(69(80)63-60-57-54-51-48-24-21-18-15-12-9-6-3)78-76(85)70(81)64-61-58-55-52-49-46-44-42-40-32-30-28-26-23-20-17-14-11-8-5-2/h16-17,19-20,25-28,60,63,68-71,73-75,77,79-81,83-84H,4-15,18,21-24,29-59,61-62,64-67H2,1-3H3,(H,78,85)/b19-16-,20-17-,27-25-,28-26-,63-60+. The predicted molar refractivity (Wildman–Crippen MR) is 370 cm³/mol. The number of carbonyl (C=O) groups is 2. The number of allylic oxidation sites excluding steroid dienone is 9. The highest BCUT2D eigenvalue weighted by molar-refractivity contribution is 5.80. The van der Waals surface area contributed by atoms with E-state index in [2.05, 4.69) is 74.7 Å². The molecule has 514 valence electrons. The molecule has 1 saturated heterocycles. The number of hydrogen-bond acceptors (Lipinski definition) is 10. The van der Waals surface area contributed by atoms with Gasteiger partial charge in [0.1, 0.15) is 24.4 Å². The number of aliphatic hydroxyl groups is 5. The average molecular weight is 1240 g/mol. The maximum absolute atomic E-state index is 13.5. The van der Waals surface area contributed by atoms with E-state index in [0.29, 0.717) is 12.8 Å². The lowest BCUT2D eigenvalue weighted by Crippen LogP contribution is -2.61. The molecule has 1 rings (SSSR count). The summed E-state index contributed by atoms with van der Waals surface area (Å²) in [6.07, 6.45) is 72.7. The Hall–Kier alpha value is -2.64. The van der Waals surface area contributed by atoms with E-state index in [1.165, 1.54) is 231 Å². The minimum absolute atomic E-state index is 0.125. The van der Waals surface area contributed by atoms with Crippen LogP contribution in [0.3, 0.4) is 0 Å². The summed E-state index contributed by atoms with van der Waals surface area (Å²) in [6.45, 7) is 5.79. The van der Waals surface area contributed by atoms with Gasteiger partial charge in [0.15, 0.2) is 12.4 Å². The third kappa shape index (κ3) is 50.9. The van der Waals surface area contributed by atoms with Gasteiger partial charge in [-0.05, 0) is 89.9 Å². The molecule has 11 nitrogen and oxygen atoms in total. The molecule has 0 spiro atoms. The van der Waals surface area contributed by atoms with Gasteiger partial charge in [-0.2, -0.15) is 0 Å². The van der Waals surface area contributed by atoms with E-state index < -0.39 is 67.4 Å². The van der Waals surface area contributed by atoms with Crippen molar-refractivity contribution in [2.24, 2.45) is 0 Å². The fourth-order valence-corrected chi connectivity index (χ4v) is 11.7. The monoisotopic (exact) mass is 1240 g/mol. The Morgan fingerprint density at radius 2 is 0.784 bits per heavy atom. The summed E-state index contributed by atoms with van der Waals surface area (Å²) in [5.74, 6) is -1.18. The van der Waals surface area contributed by atoms with Crippen LogP contribution in [0.25, 0.3) is 0 Å². The second-order valence-corrected chi connectivity index (χ2v) is 26.0. The smallest absolute Gasteiger partial charge is 0.306 e. The third-order valence-electron chi connectivity index (χ3n) is 17.6. The van der Waals surface area contributed by atoms with Gasteiger partial charge in [-0.1, -0.05) is 319 Å². The zero-order valence-electron chi connectivity index (χ0n) is 57.4. The summed E-state index contributed by atoms with van der Waals surface area (Å²) >= 11 is 0. The van der Waals surface area contributed by atoms with Crippen molar-refractivity contribution in [2.45, 2.75) is 404 Å². The Morgan fingerprint density at radius 1 is 0.443 bits per heavy atom. The molecule has 8 unspecified atom stereocenters. The normalized spacial score (nSPS) is 18.5. The lowest BCUT2D eigenvalue weighted by Gasteiger charge is -2.41. The van der Waals surface area contributed by atoms with Crippen molar-refractivity contribution < 1.29 is 49.3 Å². The van der Waals surface area contributed by atoms with Crippen molar-refractivity contribution in [1.29, 1.82) is 0 Å². The minimum atomic E-state index is -1.61. The van der Waals surface area contributed by atoms with Gasteiger partial charge in [0.05, 0.1) is 25.4 Å². The van der Waals surface area contributed by atoms with Crippen LogP contribution in [0, 0.1) is 0 Å². The van der Waals surface area contributed by atoms with E-state index in [1.54, 1.807) is 6.08 Å². The van der Waals surface area contributed by atoms with Crippen molar-refractivity contribution in [3.8, 4) is 0 Å². The molecular weight excluding hydrogens is 1100 g/mol. The van der Waals surface area contributed by atoms with Crippen LogP contribution < -0.4 is 5.32 Å². The molecule has 11 heteroatoms. The molecule has 6 N–H and O–H groups in total. The van der Waals surface area contributed by atoms with Crippen LogP contribution >= 0.6 is 0 Å². The summed E-state index contributed by atoms with van der Waals surface area (Å²) in [4.78, 5) is 26.7. The van der Waals surface area contributed by atoms with Gasteiger partial charge in [0.25, 0.3) is 0 Å². The minimum Gasteiger partial charge on any atom is -0.454 e. The number of unbranched alkanes of at least 4 members (excludes halogenated alkanes) is 43. The first kappa shape index (κ1) is 83.4. The second kappa shape index (κ2) is 64.5. The molecule has 1 fully saturated rings. The number of amides is 1. The summed E-state index contributed by atoms with van der Waals surface area (Å²) in [7, 11) is 0. The Labute approximate surface area is 541 Å². The Balaban J connectivity index is 2.51. The molecule has 0 bridgehead atoms. The summed E-state index contributed by atoms with van der Waals surface area (Å²) in [5.41, 5.74) is 0. The predicted octanol–water partition coefficient (Wildman–Crippen LogP) is 19.7. The molecular formula is C77H141NO10. The molecule has 0 aromatic heterocycles. The number of esters is 1. The number of carbonyl (C=O) groups excluding carboxylic acids is 2. The molecule has 8 atom stereocenters. The first-order valence-electron chi connectivity index (χ1n) is 37.6. The maximum atomic E-state index is 13.5. The van der Waals surface area contributed by atoms with E-state index in [1.807, 2.05) is 6.08 Å². The summed E-state index contributed by atoms with van der Waals surface area (Å²) in [5, 5.41) is 57.3. The van der Waals surface area contributed by atoms with Crippen molar-refractivity contribution >= 4 is 11.9 Å². The molecule has 0 saturated carbocycles. The number of nitrogens with one attached hydrogen (secondary N) is 1. The van der Waals surface area contributed by atoms with Gasteiger partial charge >= 0.3 is 5.97 Å². The van der Waals surface area contributed by atoms with Crippen LogP contribution in [0.4, 0.5) is 0 Å². The third-order valence-corrected chi connectivity index (χ3v) is 17.6. The number of aliphatic hydroxyl groups excluding tert-OH is 5. The van der Waals surface area contributed by atoms with E-state index >= 15 is 0 Å². The lowest BCUT2D eigenvalue weighted by molar-refractivity contribution is -0.305. The SMILES string of the molecule is CCCCC/C=C\C/C=C\CCCCCCCCCCCCCCCCCCCC(=O)OC1C(OCC(NC(=O)C(O)CCCCCCCCCCCC/C=C\C/C=C\CCCCC)C(O)/C=C/CCCCCCCCCCCC)OC(CO)C(O)C1O. The van der Waals surface area contributed by atoms with Gasteiger partial charge in [-0.3, -0.25) is 9.59 Å². The average Bonchev–Trinajstić information content (AvgIpc) is 1.29. The number of rotatable bonds is 65. The largest absolute Gasteiger partial charge is 0.454 e. The van der Waals surface area contributed by atoms with Crippen molar-refractivity contribution in [3.05, 3.63) is 60.8 Å². The molecule has 0 aliphatic carbocycles. The molecule has 1 aliphatic heterocycles. The van der Waals surface area contributed by atoms with E-state index in [0.717, 1.165) is 77.0 Å². The van der Waals surface area contributed by atoms with Crippen LogP contribution in [0.5, 0.6) is 0 Å². The van der Waals surface area contributed by atoms with Crippen molar-refractivity contribution in [3.63, 3.8) is 0 Å². The molecule has 88 heavy (non-hydrogen) atoms. The van der Waals surface area contributed by atoms with Gasteiger partial charge in [0, 0.05) is 6.42 Å². The Morgan fingerprint density at radius 3 is 1.18 bits per heavy atom. The van der Waals surface area contributed by atoms with Crippen LogP contribution in [-0.2, 0) is 23.8 Å². The highest BCUT2D eigenvalue weighted by Gasteiger charge is 2.47. The van der Waals surface area contributed by atoms with E-state index in [4.69, 9.17) is 14.2 Å². The molecule has 0 radical (unpaired) electrons. The first-order chi connectivity index (χ1) is 43.2. The quantitative estimate of drug-likeness (QED) is 0.0195. The van der Waals surface area contributed by atoms with Crippen molar-refractivity contribution in [2.75, 3.05) is 13.2 Å². The van der Waals surface area contributed by atoms with E-state index in [9.17, 15) is 35.1 Å². The van der Waals surface area contributed by atoms with E-state index in [-0.39, 0.29) is 19.4 Å². The van der Waals surface area contributed by atoms with Crippen LogP contribution in [0.1, 0.15) is 355 Å². The highest BCUT2D eigenvalue weighted by Crippen LogP contribution is 2.26. The Bertz CT molecular complexity index is 1670. The van der Waals surface area contributed by atoms with Crippen molar-refractivity contribution in [1.82, 2.24) is 5.32 Å². The number of ether oxygens (including phenoxy) is 3. The zero-order valence-corrected chi connectivity index (χ0v) is 57.4. The number of hydrogen-bond donors (Lipinski definition) is 6. The van der Waals surface area contributed by atoms with Crippen LogP contribution in [0.15, 0.2) is 60.8 Å².